The lowest BCUT2D eigenvalue weighted by atomic mass is 9.95. The molecule has 0 fully saturated rings. The summed E-state index contributed by atoms with van der Waals surface area (Å²) in [5.41, 5.74) is -0.680. The van der Waals surface area contributed by atoms with Crippen LogP contribution < -0.4 is 5.32 Å². The van der Waals surface area contributed by atoms with Crippen LogP contribution in [-0.4, -0.2) is 28.5 Å². The van der Waals surface area contributed by atoms with Gasteiger partial charge in [0.2, 0.25) is 0 Å². The summed E-state index contributed by atoms with van der Waals surface area (Å²) in [5.74, 6) is 0. The summed E-state index contributed by atoms with van der Waals surface area (Å²) >= 11 is 0. The maximum Gasteiger partial charge on any atom is 0.405 e. The number of aliphatic hydroxyl groups is 1. The fourth-order valence-corrected chi connectivity index (χ4v) is 1.20. The van der Waals surface area contributed by atoms with Crippen molar-refractivity contribution in [3.8, 4) is 0 Å². The Kier molecular flexibility index (Phi) is 5.46. The molecule has 0 aromatic carbocycles. The average molecular weight is 189 g/mol. The van der Waals surface area contributed by atoms with Gasteiger partial charge in [-0.1, -0.05) is 26.2 Å². The van der Waals surface area contributed by atoms with Gasteiger partial charge in [-0.25, -0.2) is 4.79 Å². The number of carboxylic acid groups (broad SMARTS) is 1. The van der Waals surface area contributed by atoms with Crippen LogP contribution in [0.1, 0.15) is 39.5 Å². The average Bonchev–Trinajstić information content (AvgIpc) is 2.04. The van der Waals surface area contributed by atoms with Crippen LogP contribution in [0.25, 0.3) is 0 Å². The van der Waals surface area contributed by atoms with Crippen molar-refractivity contribution >= 4 is 6.09 Å². The van der Waals surface area contributed by atoms with E-state index in [1.807, 2.05) is 0 Å². The number of amides is 1. The Morgan fingerprint density at radius 2 is 2.08 bits per heavy atom. The van der Waals surface area contributed by atoms with Crippen molar-refractivity contribution in [3.63, 3.8) is 0 Å². The summed E-state index contributed by atoms with van der Waals surface area (Å²) in [5, 5.41) is 19.9. The number of hydrogen-bond acceptors (Lipinski definition) is 2. The largest absolute Gasteiger partial charge is 0.465 e. The summed E-state index contributed by atoms with van der Waals surface area (Å²) in [4.78, 5) is 10.4. The maximum absolute atomic E-state index is 10.4. The Hall–Kier alpha value is -0.770. The van der Waals surface area contributed by atoms with Crippen LogP contribution in [0, 0.1) is 0 Å². The van der Waals surface area contributed by atoms with E-state index in [4.69, 9.17) is 10.2 Å². The van der Waals surface area contributed by atoms with Gasteiger partial charge >= 0.3 is 6.09 Å². The lowest BCUT2D eigenvalue weighted by Gasteiger charge is -2.26. The number of hydrogen-bond donors (Lipinski definition) is 3. The second-order valence-corrected chi connectivity index (χ2v) is 3.61. The van der Waals surface area contributed by atoms with E-state index in [2.05, 4.69) is 12.2 Å². The molecule has 0 rings (SSSR count). The lowest BCUT2D eigenvalue weighted by Crippen LogP contribution is -2.48. The normalized spacial score (nSPS) is 15.0. The summed E-state index contributed by atoms with van der Waals surface area (Å²) in [6.45, 7) is 3.65. The second-order valence-electron chi connectivity index (χ2n) is 3.61. The van der Waals surface area contributed by atoms with Crippen molar-refractivity contribution < 1.29 is 15.0 Å². The molecular formula is C9H19NO3. The first-order valence-corrected chi connectivity index (χ1v) is 4.66. The molecule has 0 aliphatic heterocycles. The zero-order valence-corrected chi connectivity index (χ0v) is 8.34. The smallest absolute Gasteiger partial charge is 0.405 e. The molecule has 0 saturated carbocycles. The van der Waals surface area contributed by atoms with E-state index in [0.717, 1.165) is 19.3 Å². The molecule has 0 aliphatic rings. The molecule has 0 bridgehead atoms. The maximum atomic E-state index is 10.4. The van der Waals surface area contributed by atoms with Crippen LogP contribution in [0.5, 0.6) is 0 Å². The molecule has 13 heavy (non-hydrogen) atoms. The first kappa shape index (κ1) is 12.2. The number of carbonyl (C=O) groups is 1. The van der Waals surface area contributed by atoms with Crippen LogP contribution in [-0.2, 0) is 0 Å². The molecular weight excluding hydrogens is 170 g/mol. The Labute approximate surface area is 79.0 Å². The highest BCUT2D eigenvalue weighted by Crippen LogP contribution is 2.13. The van der Waals surface area contributed by atoms with Gasteiger partial charge in [-0.05, 0) is 13.3 Å². The van der Waals surface area contributed by atoms with Gasteiger partial charge < -0.3 is 15.5 Å². The predicted octanol–water partition coefficient (Wildman–Crippen LogP) is 1.59. The zero-order chi connectivity index (χ0) is 10.3. The standard InChI is InChI=1S/C9H19NO3/c1-3-4-5-6-9(2,7-11)10-8(12)13/h10-11H,3-7H2,1-2H3,(H,12,13)/t9-/m1/s1. The third-order valence-corrected chi connectivity index (χ3v) is 2.09. The molecule has 0 aromatic rings. The molecule has 78 valence electrons. The molecule has 4 nitrogen and oxygen atoms in total. The molecule has 1 amide bonds. The quantitative estimate of drug-likeness (QED) is 0.556. The first-order chi connectivity index (χ1) is 6.04. The van der Waals surface area contributed by atoms with Crippen LogP contribution >= 0.6 is 0 Å². The van der Waals surface area contributed by atoms with Gasteiger partial charge in [-0.2, -0.15) is 0 Å². The summed E-state index contributed by atoms with van der Waals surface area (Å²) < 4.78 is 0. The molecule has 4 heteroatoms. The Balaban J connectivity index is 3.88. The minimum absolute atomic E-state index is 0.150. The third kappa shape index (κ3) is 5.47. The number of nitrogens with one attached hydrogen (secondary N) is 1. The third-order valence-electron chi connectivity index (χ3n) is 2.09. The predicted molar refractivity (Wildman–Crippen MR) is 50.8 cm³/mol. The number of unbranched alkanes of at least 4 members (excludes halogenated alkanes) is 2. The van der Waals surface area contributed by atoms with Gasteiger partial charge in [0.1, 0.15) is 0 Å². The fraction of sp³-hybridized carbons (Fsp3) is 0.889. The van der Waals surface area contributed by atoms with E-state index >= 15 is 0 Å². The SMILES string of the molecule is CCCCC[C@](C)(CO)NC(=O)O. The lowest BCUT2D eigenvalue weighted by molar-refractivity contribution is 0.139. The van der Waals surface area contributed by atoms with Gasteiger partial charge in [-0.3, -0.25) is 0 Å². The minimum Gasteiger partial charge on any atom is -0.465 e. The zero-order valence-electron chi connectivity index (χ0n) is 8.34. The van der Waals surface area contributed by atoms with Gasteiger partial charge in [-0.15, -0.1) is 0 Å². The molecule has 0 saturated heterocycles. The molecule has 0 spiro atoms. The van der Waals surface area contributed by atoms with Gasteiger partial charge in [0, 0.05) is 0 Å². The van der Waals surface area contributed by atoms with Crippen LogP contribution in [0.2, 0.25) is 0 Å². The van der Waals surface area contributed by atoms with E-state index in [0.29, 0.717) is 6.42 Å². The van der Waals surface area contributed by atoms with E-state index < -0.39 is 11.6 Å². The van der Waals surface area contributed by atoms with E-state index in [1.165, 1.54) is 0 Å². The monoisotopic (exact) mass is 189 g/mol. The van der Waals surface area contributed by atoms with Crippen LogP contribution in [0.3, 0.4) is 0 Å². The Bertz CT molecular complexity index is 161. The number of aliphatic hydroxyl groups excluding tert-OH is 1. The molecule has 0 aromatic heterocycles. The van der Waals surface area contributed by atoms with E-state index in [9.17, 15) is 4.79 Å². The molecule has 0 radical (unpaired) electrons. The van der Waals surface area contributed by atoms with E-state index in [1.54, 1.807) is 6.92 Å². The molecule has 0 heterocycles. The number of rotatable bonds is 6. The van der Waals surface area contributed by atoms with Crippen molar-refractivity contribution in [2.45, 2.75) is 45.1 Å². The summed E-state index contributed by atoms with van der Waals surface area (Å²) in [6.07, 6.45) is 2.70. The topological polar surface area (TPSA) is 69.6 Å². The van der Waals surface area contributed by atoms with Crippen molar-refractivity contribution in [3.05, 3.63) is 0 Å². The molecule has 3 N–H and O–H groups in total. The highest BCUT2D eigenvalue weighted by molar-refractivity contribution is 5.65. The van der Waals surface area contributed by atoms with Crippen molar-refractivity contribution in [1.82, 2.24) is 5.32 Å². The molecule has 0 aliphatic carbocycles. The van der Waals surface area contributed by atoms with Crippen molar-refractivity contribution in [2.75, 3.05) is 6.61 Å². The Morgan fingerprint density at radius 1 is 1.46 bits per heavy atom. The van der Waals surface area contributed by atoms with Gasteiger partial charge in [0.05, 0.1) is 12.1 Å². The van der Waals surface area contributed by atoms with E-state index in [-0.39, 0.29) is 6.61 Å². The van der Waals surface area contributed by atoms with Gasteiger partial charge in [0.25, 0.3) is 0 Å². The summed E-state index contributed by atoms with van der Waals surface area (Å²) in [7, 11) is 0. The minimum atomic E-state index is -1.08. The second kappa shape index (κ2) is 5.80. The van der Waals surface area contributed by atoms with Crippen LogP contribution in [0.4, 0.5) is 4.79 Å². The van der Waals surface area contributed by atoms with Crippen molar-refractivity contribution in [2.24, 2.45) is 0 Å². The molecule has 1 atom stereocenters. The van der Waals surface area contributed by atoms with Crippen LogP contribution in [0.15, 0.2) is 0 Å². The highest BCUT2D eigenvalue weighted by atomic mass is 16.4. The van der Waals surface area contributed by atoms with Gasteiger partial charge in [0.15, 0.2) is 0 Å². The fourth-order valence-electron chi connectivity index (χ4n) is 1.20. The molecule has 0 unspecified atom stereocenters. The first-order valence-electron chi connectivity index (χ1n) is 4.66. The van der Waals surface area contributed by atoms with Crippen molar-refractivity contribution in [1.29, 1.82) is 0 Å². The highest BCUT2D eigenvalue weighted by Gasteiger charge is 2.24. The summed E-state index contributed by atoms with van der Waals surface area (Å²) in [6, 6.07) is 0. The Morgan fingerprint density at radius 3 is 2.46 bits per heavy atom.